The van der Waals surface area contributed by atoms with E-state index in [1.165, 1.54) is 17.0 Å². The molecule has 0 spiro atoms. The van der Waals surface area contributed by atoms with E-state index >= 15 is 0 Å². The van der Waals surface area contributed by atoms with E-state index in [1.807, 2.05) is 0 Å². The van der Waals surface area contributed by atoms with Crippen molar-refractivity contribution < 1.29 is 23.5 Å². The van der Waals surface area contributed by atoms with Crippen molar-refractivity contribution >= 4 is 17.8 Å². The van der Waals surface area contributed by atoms with Gasteiger partial charge in [-0.25, -0.2) is 9.18 Å². The Kier molecular flexibility index (Phi) is 6.55. The van der Waals surface area contributed by atoms with E-state index in [0.29, 0.717) is 23.4 Å². The Morgan fingerprint density at radius 2 is 2.09 bits per heavy atom. The minimum atomic E-state index is -0.676. The maximum absolute atomic E-state index is 13.4. The number of urea groups is 1. The zero-order valence-corrected chi connectivity index (χ0v) is 17.8. The van der Waals surface area contributed by atoms with Gasteiger partial charge in [-0.15, -0.1) is 6.58 Å². The quantitative estimate of drug-likeness (QED) is 0.602. The number of carbonyl (C=O) groups is 3. The SMILES string of the molecule is C=CCN1C(=O)N[C@H](c2ccc(F)cc2)C2=C1CN(CCC(=O)NC[C@H]1CCCO1)C2=O. The van der Waals surface area contributed by atoms with Crippen LogP contribution in [0, 0.1) is 5.82 Å². The zero-order valence-electron chi connectivity index (χ0n) is 17.8. The molecule has 1 fully saturated rings. The predicted octanol–water partition coefficient (Wildman–Crippen LogP) is 1.86. The molecule has 3 heterocycles. The van der Waals surface area contributed by atoms with E-state index in [-0.39, 0.29) is 50.0 Å². The first kappa shape index (κ1) is 22.0. The highest BCUT2D eigenvalue weighted by atomic mass is 19.1. The molecule has 170 valence electrons. The third kappa shape index (κ3) is 4.52. The number of halogens is 1. The van der Waals surface area contributed by atoms with Gasteiger partial charge in [-0.1, -0.05) is 18.2 Å². The molecule has 0 bridgehead atoms. The zero-order chi connectivity index (χ0) is 22.7. The molecule has 1 saturated heterocycles. The number of nitrogens with zero attached hydrogens (tertiary/aromatic N) is 2. The second kappa shape index (κ2) is 9.52. The average Bonchev–Trinajstić information content (AvgIpc) is 3.41. The topological polar surface area (TPSA) is 91.0 Å². The lowest BCUT2D eigenvalue weighted by Crippen LogP contribution is -2.47. The number of amides is 4. The maximum Gasteiger partial charge on any atom is 0.322 e. The molecule has 0 radical (unpaired) electrons. The fraction of sp³-hybridized carbons (Fsp3) is 0.435. The van der Waals surface area contributed by atoms with Crippen LogP contribution in [0.2, 0.25) is 0 Å². The smallest absolute Gasteiger partial charge is 0.322 e. The first-order chi connectivity index (χ1) is 15.5. The Balaban J connectivity index is 1.46. The molecule has 0 aromatic heterocycles. The standard InChI is InChI=1S/C23H27FN4O4/c1-2-10-28-18-14-27(11-9-19(29)25-13-17-4-3-12-32-17)22(30)20(18)21(26-23(28)31)15-5-7-16(24)8-6-15/h2,5-8,17,21H,1,3-4,9-14H2,(H,25,29)(H,26,31)/t17-,21-/m1/s1. The van der Waals surface area contributed by atoms with E-state index in [9.17, 15) is 18.8 Å². The Hall–Kier alpha value is -3.20. The summed E-state index contributed by atoms with van der Waals surface area (Å²) in [7, 11) is 0. The molecule has 4 rings (SSSR count). The summed E-state index contributed by atoms with van der Waals surface area (Å²) in [6.45, 7) is 5.60. The predicted molar refractivity (Wildman–Crippen MR) is 115 cm³/mol. The normalized spacial score (nSPS) is 22.8. The van der Waals surface area contributed by atoms with Crippen LogP contribution in [0.3, 0.4) is 0 Å². The fourth-order valence-corrected chi connectivity index (χ4v) is 4.31. The number of ether oxygens (including phenoxy) is 1. The van der Waals surface area contributed by atoms with Gasteiger partial charge in [-0.2, -0.15) is 0 Å². The molecule has 3 aliphatic rings. The Morgan fingerprint density at radius 1 is 1.31 bits per heavy atom. The summed E-state index contributed by atoms with van der Waals surface area (Å²) in [5.41, 5.74) is 1.65. The molecule has 2 N–H and O–H groups in total. The number of hydrogen-bond acceptors (Lipinski definition) is 4. The van der Waals surface area contributed by atoms with Crippen LogP contribution in [0.15, 0.2) is 48.2 Å². The Bertz CT molecular complexity index is 940. The van der Waals surface area contributed by atoms with Gasteiger partial charge in [-0.3, -0.25) is 14.5 Å². The third-order valence-electron chi connectivity index (χ3n) is 5.97. The van der Waals surface area contributed by atoms with Gasteiger partial charge in [0.2, 0.25) is 5.91 Å². The maximum atomic E-state index is 13.4. The van der Waals surface area contributed by atoms with Gasteiger partial charge in [0.25, 0.3) is 5.91 Å². The van der Waals surface area contributed by atoms with Crippen molar-refractivity contribution in [2.24, 2.45) is 0 Å². The van der Waals surface area contributed by atoms with Crippen molar-refractivity contribution in [2.45, 2.75) is 31.4 Å². The number of benzene rings is 1. The van der Waals surface area contributed by atoms with E-state index in [4.69, 9.17) is 4.74 Å². The number of nitrogens with one attached hydrogen (secondary N) is 2. The molecule has 1 aromatic rings. The minimum Gasteiger partial charge on any atom is -0.376 e. The molecule has 2 atom stereocenters. The second-order valence-corrected chi connectivity index (χ2v) is 8.11. The molecular formula is C23H27FN4O4. The molecule has 9 heteroatoms. The van der Waals surface area contributed by atoms with Crippen LogP contribution < -0.4 is 10.6 Å². The molecule has 0 unspecified atom stereocenters. The van der Waals surface area contributed by atoms with Crippen molar-refractivity contribution in [2.75, 3.05) is 32.8 Å². The van der Waals surface area contributed by atoms with Crippen LogP contribution in [0.25, 0.3) is 0 Å². The highest BCUT2D eigenvalue weighted by Gasteiger charge is 2.43. The molecule has 3 aliphatic heterocycles. The Morgan fingerprint density at radius 3 is 2.78 bits per heavy atom. The summed E-state index contributed by atoms with van der Waals surface area (Å²) in [6, 6.07) is 4.69. The number of hydrogen-bond donors (Lipinski definition) is 2. The van der Waals surface area contributed by atoms with Crippen LogP contribution in [0.4, 0.5) is 9.18 Å². The molecule has 0 aliphatic carbocycles. The van der Waals surface area contributed by atoms with Crippen LogP contribution >= 0.6 is 0 Å². The number of carbonyl (C=O) groups excluding carboxylic acids is 3. The van der Waals surface area contributed by atoms with Crippen molar-refractivity contribution in [1.82, 2.24) is 20.4 Å². The molecule has 8 nitrogen and oxygen atoms in total. The average molecular weight is 442 g/mol. The van der Waals surface area contributed by atoms with Crippen LogP contribution in [-0.2, 0) is 14.3 Å². The summed E-state index contributed by atoms with van der Waals surface area (Å²) in [6.07, 6.45) is 3.75. The van der Waals surface area contributed by atoms with E-state index in [0.717, 1.165) is 19.4 Å². The summed E-state index contributed by atoms with van der Waals surface area (Å²) in [4.78, 5) is 41.3. The second-order valence-electron chi connectivity index (χ2n) is 8.11. The van der Waals surface area contributed by atoms with Gasteiger partial charge in [0.05, 0.1) is 30.0 Å². The van der Waals surface area contributed by atoms with Crippen molar-refractivity contribution in [3.8, 4) is 0 Å². The first-order valence-corrected chi connectivity index (χ1v) is 10.8. The van der Waals surface area contributed by atoms with Crippen LogP contribution in [-0.4, -0.2) is 66.5 Å². The lowest BCUT2D eigenvalue weighted by Gasteiger charge is -2.33. The largest absolute Gasteiger partial charge is 0.376 e. The van der Waals surface area contributed by atoms with Gasteiger partial charge in [0.15, 0.2) is 0 Å². The van der Waals surface area contributed by atoms with Crippen molar-refractivity contribution in [1.29, 1.82) is 0 Å². The highest BCUT2D eigenvalue weighted by Crippen LogP contribution is 2.36. The summed E-state index contributed by atoms with van der Waals surface area (Å²) in [5.74, 6) is -0.785. The van der Waals surface area contributed by atoms with Gasteiger partial charge >= 0.3 is 6.03 Å². The minimum absolute atomic E-state index is 0.0577. The molecule has 4 amide bonds. The monoisotopic (exact) mass is 442 g/mol. The molecule has 1 aromatic carbocycles. The Labute approximate surface area is 186 Å². The van der Waals surface area contributed by atoms with E-state index < -0.39 is 11.9 Å². The summed E-state index contributed by atoms with van der Waals surface area (Å²) < 4.78 is 18.9. The van der Waals surface area contributed by atoms with Crippen LogP contribution in [0.5, 0.6) is 0 Å². The fourth-order valence-electron chi connectivity index (χ4n) is 4.31. The lowest BCUT2D eigenvalue weighted by atomic mass is 9.95. The first-order valence-electron chi connectivity index (χ1n) is 10.8. The van der Waals surface area contributed by atoms with Gasteiger partial charge in [-0.05, 0) is 30.5 Å². The van der Waals surface area contributed by atoms with Crippen LogP contribution in [0.1, 0.15) is 30.9 Å². The van der Waals surface area contributed by atoms with E-state index in [1.54, 1.807) is 23.1 Å². The molecule has 0 saturated carbocycles. The lowest BCUT2D eigenvalue weighted by molar-refractivity contribution is -0.127. The van der Waals surface area contributed by atoms with E-state index in [2.05, 4.69) is 17.2 Å². The van der Waals surface area contributed by atoms with Gasteiger partial charge in [0, 0.05) is 32.7 Å². The van der Waals surface area contributed by atoms with Gasteiger partial charge in [0.1, 0.15) is 5.82 Å². The molecular weight excluding hydrogens is 415 g/mol. The third-order valence-corrected chi connectivity index (χ3v) is 5.97. The highest BCUT2D eigenvalue weighted by molar-refractivity contribution is 6.01. The van der Waals surface area contributed by atoms with Gasteiger partial charge < -0.3 is 20.3 Å². The molecule has 32 heavy (non-hydrogen) atoms. The summed E-state index contributed by atoms with van der Waals surface area (Å²) >= 11 is 0. The summed E-state index contributed by atoms with van der Waals surface area (Å²) in [5, 5.41) is 5.71. The van der Waals surface area contributed by atoms with Crippen molar-refractivity contribution in [3.05, 3.63) is 59.6 Å². The van der Waals surface area contributed by atoms with Crippen molar-refractivity contribution in [3.63, 3.8) is 0 Å². The number of rotatable bonds is 8.